The summed E-state index contributed by atoms with van der Waals surface area (Å²) in [6.45, 7) is 4.32. The van der Waals surface area contributed by atoms with E-state index in [0.717, 1.165) is 26.2 Å². The zero-order valence-electron chi connectivity index (χ0n) is 10.3. The van der Waals surface area contributed by atoms with Crippen molar-refractivity contribution < 1.29 is 14.7 Å². The Kier molecular flexibility index (Phi) is 5.68. The summed E-state index contributed by atoms with van der Waals surface area (Å²) in [5.74, 6) is -1.01. The monoisotopic (exact) mass is 277 g/mol. The number of halogens is 1. The second-order valence-electron chi connectivity index (χ2n) is 4.62. The number of urea groups is 1. The number of hydrogen-bond donors (Lipinski definition) is 2. The van der Waals surface area contributed by atoms with E-state index in [-0.39, 0.29) is 24.4 Å². The number of piperazine rings is 1. The van der Waals surface area contributed by atoms with E-state index in [2.05, 4.69) is 5.32 Å². The fraction of sp³-hybridized carbons (Fsp3) is 0.818. The third-order valence-corrected chi connectivity index (χ3v) is 3.50. The summed E-state index contributed by atoms with van der Waals surface area (Å²) in [6, 6.07) is 0.0651. The molecule has 18 heavy (non-hydrogen) atoms. The Labute approximate surface area is 113 Å². The SMILES string of the molecule is Cl.O=C(O)C1CCN(C(=O)N2CCNCC2)CC1. The maximum absolute atomic E-state index is 12.1. The lowest BCUT2D eigenvalue weighted by Gasteiger charge is -2.36. The van der Waals surface area contributed by atoms with Gasteiger partial charge in [-0.2, -0.15) is 0 Å². The molecule has 104 valence electrons. The van der Waals surface area contributed by atoms with Crippen LogP contribution in [0.3, 0.4) is 0 Å². The molecule has 2 aliphatic heterocycles. The van der Waals surface area contributed by atoms with Crippen LogP contribution in [0.1, 0.15) is 12.8 Å². The van der Waals surface area contributed by atoms with E-state index in [9.17, 15) is 9.59 Å². The molecule has 2 N–H and O–H groups in total. The van der Waals surface area contributed by atoms with Gasteiger partial charge in [0.1, 0.15) is 0 Å². The van der Waals surface area contributed by atoms with Crippen molar-refractivity contribution in [2.75, 3.05) is 39.3 Å². The highest BCUT2D eigenvalue weighted by molar-refractivity contribution is 5.85. The molecule has 2 amide bonds. The summed E-state index contributed by atoms with van der Waals surface area (Å²) in [5.41, 5.74) is 0. The molecule has 0 saturated carbocycles. The van der Waals surface area contributed by atoms with Crippen molar-refractivity contribution >= 4 is 24.4 Å². The lowest BCUT2D eigenvalue weighted by Crippen LogP contribution is -2.53. The third-order valence-electron chi connectivity index (χ3n) is 3.50. The second-order valence-corrected chi connectivity index (χ2v) is 4.62. The van der Waals surface area contributed by atoms with Crippen LogP contribution < -0.4 is 5.32 Å². The Morgan fingerprint density at radius 2 is 1.50 bits per heavy atom. The molecule has 0 spiro atoms. The van der Waals surface area contributed by atoms with Gasteiger partial charge in [0.15, 0.2) is 0 Å². The number of nitrogens with zero attached hydrogens (tertiary/aromatic N) is 2. The Balaban J connectivity index is 0.00000162. The van der Waals surface area contributed by atoms with Crippen LogP contribution in [0.5, 0.6) is 0 Å². The molecule has 2 fully saturated rings. The topological polar surface area (TPSA) is 72.9 Å². The molecule has 0 bridgehead atoms. The van der Waals surface area contributed by atoms with E-state index >= 15 is 0 Å². The first-order valence-corrected chi connectivity index (χ1v) is 6.16. The number of piperidine rings is 1. The summed E-state index contributed by atoms with van der Waals surface area (Å²) in [7, 11) is 0. The number of likely N-dealkylation sites (tertiary alicyclic amines) is 1. The van der Waals surface area contributed by atoms with Gasteiger partial charge in [-0.05, 0) is 12.8 Å². The highest BCUT2D eigenvalue weighted by Gasteiger charge is 2.29. The van der Waals surface area contributed by atoms with Gasteiger partial charge in [-0.15, -0.1) is 12.4 Å². The van der Waals surface area contributed by atoms with Gasteiger partial charge in [0.05, 0.1) is 5.92 Å². The van der Waals surface area contributed by atoms with Gasteiger partial charge in [0, 0.05) is 39.3 Å². The maximum atomic E-state index is 12.1. The third kappa shape index (κ3) is 3.49. The van der Waals surface area contributed by atoms with Crippen LogP contribution in [0.25, 0.3) is 0 Å². The van der Waals surface area contributed by atoms with Gasteiger partial charge in [0.2, 0.25) is 0 Å². The molecular formula is C11H20ClN3O3. The molecule has 0 atom stereocenters. The molecule has 0 aliphatic carbocycles. The van der Waals surface area contributed by atoms with Gasteiger partial charge in [0.25, 0.3) is 0 Å². The van der Waals surface area contributed by atoms with Crippen molar-refractivity contribution in [3.05, 3.63) is 0 Å². The summed E-state index contributed by atoms with van der Waals surface area (Å²) < 4.78 is 0. The molecule has 2 rings (SSSR count). The van der Waals surface area contributed by atoms with Gasteiger partial charge >= 0.3 is 12.0 Å². The van der Waals surface area contributed by atoms with E-state index in [1.807, 2.05) is 4.90 Å². The lowest BCUT2D eigenvalue weighted by atomic mass is 9.97. The predicted molar refractivity (Wildman–Crippen MR) is 69.0 cm³/mol. The maximum Gasteiger partial charge on any atom is 0.320 e. The standard InChI is InChI=1S/C11H19N3O3.ClH/c15-10(16)9-1-5-13(6-2-9)11(17)14-7-3-12-4-8-14;/h9,12H,1-8H2,(H,15,16);1H. The number of carbonyl (C=O) groups is 2. The number of carbonyl (C=O) groups excluding carboxylic acids is 1. The quantitative estimate of drug-likeness (QED) is 0.720. The zero-order chi connectivity index (χ0) is 12.3. The van der Waals surface area contributed by atoms with E-state index in [0.29, 0.717) is 25.9 Å². The minimum atomic E-state index is -0.737. The molecule has 0 unspecified atom stereocenters. The van der Waals surface area contributed by atoms with Crippen LogP contribution in [-0.2, 0) is 4.79 Å². The molecule has 2 heterocycles. The molecule has 0 aromatic carbocycles. The molecule has 0 aromatic rings. The number of carboxylic acids is 1. The van der Waals surface area contributed by atoms with Crippen molar-refractivity contribution in [1.82, 2.24) is 15.1 Å². The van der Waals surface area contributed by atoms with Crippen LogP contribution in [0.15, 0.2) is 0 Å². The molecule has 0 aromatic heterocycles. The van der Waals surface area contributed by atoms with Crippen LogP contribution in [0, 0.1) is 5.92 Å². The predicted octanol–water partition coefficient (Wildman–Crippen LogP) is 0.230. The fourth-order valence-corrected chi connectivity index (χ4v) is 2.37. The number of nitrogens with one attached hydrogen (secondary N) is 1. The van der Waals surface area contributed by atoms with Gasteiger partial charge < -0.3 is 20.2 Å². The lowest BCUT2D eigenvalue weighted by molar-refractivity contribution is -0.143. The number of amides is 2. The van der Waals surface area contributed by atoms with Crippen molar-refractivity contribution in [3.8, 4) is 0 Å². The minimum Gasteiger partial charge on any atom is -0.481 e. The average molecular weight is 278 g/mol. The zero-order valence-corrected chi connectivity index (χ0v) is 11.1. The largest absolute Gasteiger partial charge is 0.481 e. The van der Waals surface area contributed by atoms with E-state index < -0.39 is 5.97 Å². The number of hydrogen-bond acceptors (Lipinski definition) is 3. The normalized spacial score (nSPS) is 21.3. The second kappa shape index (κ2) is 6.80. The van der Waals surface area contributed by atoms with Gasteiger partial charge in [-0.1, -0.05) is 0 Å². The van der Waals surface area contributed by atoms with Crippen molar-refractivity contribution in [1.29, 1.82) is 0 Å². The van der Waals surface area contributed by atoms with Crippen molar-refractivity contribution in [2.24, 2.45) is 5.92 Å². The van der Waals surface area contributed by atoms with E-state index in [4.69, 9.17) is 5.11 Å². The smallest absolute Gasteiger partial charge is 0.320 e. The van der Waals surface area contributed by atoms with Crippen molar-refractivity contribution in [2.45, 2.75) is 12.8 Å². The molecule has 2 saturated heterocycles. The molecular weight excluding hydrogens is 258 g/mol. The van der Waals surface area contributed by atoms with Crippen molar-refractivity contribution in [3.63, 3.8) is 0 Å². The Hall–Kier alpha value is -1.01. The summed E-state index contributed by atoms with van der Waals surface area (Å²) in [6.07, 6.45) is 1.15. The Morgan fingerprint density at radius 3 is 2.00 bits per heavy atom. The van der Waals surface area contributed by atoms with Gasteiger partial charge in [-0.3, -0.25) is 4.79 Å². The fourth-order valence-electron chi connectivity index (χ4n) is 2.37. The van der Waals surface area contributed by atoms with Crippen LogP contribution in [-0.4, -0.2) is 66.2 Å². The first-order valence-electron chi connectivity index (χ1n) is 6.16. The number of rotatable bonds is 1. The summed E-state index contributed by atoms with van der Waals surface area (Å²) in [5, 5.41) is 12.1. The molecule has 2 aliphatic rings. The van der Waals surface area contributed by atoms with Gasteiger partial charge in [-0.25, -0.2) is 4.79 Å². The molecule has 6 nitrogen and oxygen atoms in total. The minimum absolute atomic E-state index is 0. The average Bonchev–Trinajstić information content (AvgIpc) is 2.39. The van der Waals surface area contributed by atoms with Crippen LogP contribution >= 0.6 is 12.4 Å². The number of aliphatic carboxylic acids is 1. The molecule has 7 heteroatoms. The summed E-state index contributed by atoms with van der Waals surface area (Å²) >= 11 is 0. The Bertz CT molecular complexity index is 300. The summed E-state index contributed by atoms with van der Waals surface area (Å²) in [4.78, 5) is 26.5. The highest BCUT2D eigenvalue weighted by atomic mass is 35.5. The van der Waals surface area contributed by atoms with E-state index in [1.54, 1.807) is 4.90 Å². The Morgan fingerprint density at radius 1 is 1.00 bits per heavy atom. The van der Waals surface area contributed by atoms with Crippen LogP contribution in [0.2, 0.25) is 0 Å². The first kappa shape index (κ1) is 15.0. The molecule has 0 radical (unpaired) electrons. The number of carboxylic acid groups (broad SMARTS) is 1. The highest BCUT2D eigenvalue weighted by Crippen LogP contribution is 2.18. The van der Waals surface area contributed by atoms with Crippen LogP contribution in [0.4, 0.5) is 4.79 Å². The van der Waals surface area contributed by atoms with E-state index in [1.165, 1.54) is 0 Å². The first-order chi connectivity index (χ1) is 8.18.